The first kappa shape index (κ1) is 22.3. The highest BCUT2D eigenvalue weighted by Crippen LogP contribution is 2.13. The maximum absolute atomic E-state index is 11.5. The second-order valence-corrected chi connectivity index (χ2v) is 6.14. The highest BCUT2D eigenvalue weighted by Gasteiger charge is 2.13. The summed E-state index contributed by atoms with van der Waals surface area (Å²) in [5.74, 6) is -0.968. The van der Waals surface area contributed by atoms with Crippen LogP contribution in [-0.4, -0.2) is 64.5 Å². The highest BCUT2D eigenvalue weighted by molar-refractivity contribution is 5.71. The van der Waals surface area contributed by atoms with E-state index in [2.05, 4.69) is 0 Å². The number of hydrogen-bond donors (Lipinski definition) is 0. The summed E-state index contributed by atoms with van der Waals surface area (Å²) in [4.78, 5) is 23.0. The van der Waals surface area contributed by atoms with Crippen LogP contribution in [0.2, 0.25) is 0 Å². The van der Waals surface area contributed by atoms with Crippen LogP contribution in [0.25, 0.3) is 0 Å². The van der Waals surface area contributed by atoms with Crippen molar-refractivity contribution in [2.45, 2.75) is 32.2 Å². The normalized spacial score (nSPS) is 16.5. The molecule has 8 nitrogen and oxygen atoms in total. The van der Waals surface area contributed by atoms with Gasteiger partial charge >= 0.3 is 11.9 Å². The van der Waals surface area contributed by atoms with E-state index in [1.807, 2.05) is 30.3 Å². The van der Waals surface area contributed by atoms with Gasteiger partial charge in [0.1, 0.15) is 26.4 Å². The standard InChI is InChI=1S/C20H28O8/c21-18(15-24-11-13-27-20-8-4-5-9-26-20)25-12-10-23-16-19(22)28-14-17-6-2-1-3-7-17/h1-3,6-7,20H,4-5,8-16H2. The lowest BCUT2D eigenvalue weighted by Crippen LogP contribution is -2.24. The molecule has 1 aromatic rings. The molecule has 1 aromatic carbocycles. The number of ether oxygens (including phenoxy) is 6. The van der Waals surface area contributed by atoms with E-state index in [0.717, 1.165) is 31.4 Å². The second kappa shape index (κ2) is 14.1. The summed E-state index contributed by atoms with van der Waals surface area (Å²) in [6.07, 6.45) is 2.90. The molecule has 2 rings (SSSR count). The number of benzene rings is 1. The van der Waals surface area contributed by atoms with E-state index in [1.54, 1.807) is 0 Å². The average Bonchev–Trinajstić information content (AvgIpc) is 2.73. The molecule has 0 spiro atoms. The Morgan fingerprint density at radius 3 is 2.32 bits per heavy atom. The Bertz CT molecular complexity index is 557. The van der Waals surface area contributed by atoms with Crippen molar-refractivity contribution in [2.75, 3.05) is 46.2 Å². The molecule has 0 saturated carbocycles. The van der Waals surface area contributed by atoms with Crippen LogP contribution in [0.4, 0.5) is 0 Å². The van der Waals surface area contributed by atoms with Crippen molar-refractivity contribution in [1.29, 1.82) is 0 Å². The largest absolute Gasteiger partial charge is 0.462 e. The topological polar surface area (TPSA) is 89.5 Å². The van der Waals surface area contributed by atoms with Crippen LogP contribution in [-0.2, 0) is 44.6 Å². The van der Waals surface area contributed by atoms with Crippen molar-refractivity contribution in [3.63, 3.8) is 0 Å². The van der Waals surface area contributed by atoms with E-state index < -0.39 is 11.9 Å². The Hall–Kier alpha value is -2.00. The van der Waals surface area contributed by atoms with Gasteiger partial charge in [0.25, 0.3) is 0 Å². The quantitative estimate of drug-likeness (QED) is 0.369. The number of carbonyl (C=O) groups excluding carboxylic acids is 2. The fourth-order valence-electron chi connectivity index (χ4n) is 2.43. The highest BCUT2D eigenvalue weighted by atomic mass is 16.7. The third-order valence-electron chi connectivity index (χ3n) is 3.84. The number of rotatable bonds is 13. The fraction of sp³-hybridized carbons (Fsp3) is 0.600. The van der Waals surface area contributed by atoms with E-state index in [0.29, 0.717) is 13.2 Å². The lowest BCUT2D eigenvalue weighted by molar-refractivity contribution is -0.171. The molecule has 0 amide bonds. The van der Waals surface area contributed by atoms with E-state index in [4.69, 9.17) is 28.4 Å². The van der Waals surface area contributed by atoms with Gasteiger partial charge in [0.05, 0.1) is 19.8 Å². The molecule has 1 heterocycles. The lowest BCUT2D eigenvalue weighted by atomic mass is 10.2. The predicted octanol–water partition coefficient (Wildman–Crippen LogP) is 1.85. The predicted molar refractivity (Wildman–Crippen MR) is 98.4 cm³/mol. The van der Waals surface area contributed by atoms with Gasteiger partial charge in [-0.05, 0) is 24.8 Å². The third kappa shape index (κ3) is 10.4. The zero-order valence-electron chi connectivity index (χ0n) is 16.0. The summed E-state index contributed by atoms with van der Waals surface area (Å²) in [5, 5.41) is 0. The average molecular weight is 396 g/mol. The van der Waals surface area contributed by atoms with Crippen molar-refractivity contribution >= 4 is 11.9 Å². The summed E-state index contributed by atoms with van der Waals surface area (Å²) in [7, 11) is 0. The maximum atomic E-state index is 11.5. The molecule has 0 aromatic heterocycles. The first-order valence-electron chi connectivity index (χ1n) is 9.48. The molecule has 1 fully saturated rings. The van der Waals surface area contributed by atoms with Gasteiger partial charge in [-0.15, -0.1) is 0 Å². The summed E-state index contributed by atoms with van der Waals surface area (Å²) in [6, 6.07) is 9.37. The van der Waals surface area contributed by atoms with Gasteiger partial charge in [-0.1, -0.05) is 30.3 Å². The molecular weight excluding hydrogens is 368 g/mol. The summed E-state index contributed by atoms with van der Waals surface area (Å²) >= 11 is 0. The Labute approximate surface area is 165 Å². The molecule has 0 N–H and O–H groups in total. The molecule has 0 aliphatic carbocycles. The van der Waals surface area contributed by atoms with Crippen LogP contribution >= 0.6 is 0 Å². The van der Waals surface area contributed by atoms with Crippen molar-refractivity contribution < 1.29 is 38.0 Å². The second-order valence-electron chi connectivity index (χ2n) is 6.14. The molecule has 0 bridgehead atoms. The molecule has 1 aliphatic rings. The van der Waals surface area contributed by atoms with Gasteiger partial charge in [-0.25, -0.2) is 9.59 Å². The van der Waals surface area contributed by atoms with Gasteiger partial charge in [0.2, 0.25) is 0 Å². The van der Waals surface area contributed by atoms with Gasteiger partial charge < -0.3 is 28.4 Å². The van der Waals surface area contributed by atoms with Crippen molar-refractivity contribution in [1.82, 2.24) is 0 Å². The van der Waals surface area contributed by atoms with Gasteiger partial charge in [-0.3, -0.25) is 0 Å². The van der Waals surface area contributed by atoms with Crippen LogP contribution in [0.3, 0.4) is 0 Å². The fourth-order valence-corrected chi connectivity index (χ4v) is 2.43. The molecule has 0 radical (unpaired) electrons. The van der Waals surface area contributed by atoms with Crippen LogP contribution in [0, 0.1) is 0 Å². The van der Waals surface area contributed by atoms with Crippen LogP contribution < -0.4 is 0 Å². The Morgan fingerprint density at radius 2 is 1.61 bits per heavy atom. The molecule has 28 heavy (non-hydrogen) atoms. The van der Waals surface area contributed by atoms with E-state index in [9.17, 15) is 9.59 Å². The molecular formula is C20H28O8. The minimum absolute atomic E-state index is 0.0422. The molecule has 156 valence electrons. The summed E-state index contributed by atoms with van der Waals surface area (Å²) < 4.78 is 31.2. The van der Waals surface area contributed by atoms with Crippen LogP contribution in [0.1, 0.15) is 24.8 Å². The SMILES string of the molecule is O=C(COCCOC1CCCCO1)OCCOCC(=O)OCc1ccccc1. The van der Waals surface area contributed by atoms with Crippen molar-refractivity contribution in [3.05, 3.63) is 35.9 Å². The smallest absolute Gasteiger partial charge is 0.332 e. The molecule has 1 atom stereocenters. The van der Waals surface area contributed by atoms with Crippen LogP contribution in [0.15, 0.2) is 30.3 Å². The minimum Gasteiger partial charge on any atom is -0.462 e. The first-order valence-corrected chi connectivity index (χ1v) is 9.48. The Balaban J connectivity index is 1.37. The molecule has 1 aliphatic heterocycles. The number of esters is 2. The van der Waals surface area contributed by atoms with Gasteiger partial charge in [0.15, 0.2) is 6.29 Å². The zero-order chi connectivity index (χ0) is 19.9. The Kier molecular flexibility index (Phi) is 11.2. The van der Waals surface area contributed by atoms with Gasteiger partial charge in [0, 0.05) is 6.61 Å². The number of carbonyl (C=O) groups is 2. The Morgan fingerprint density at radius 1 is 0.893 bits per heavy atom. The van der Waals surface area contributed by atoms with E-state index in [1.165, 1.54) is 0 Å². The van der Waals surface area contributed by atoms with Crippen LogP contribution in [0.5, 0.6) is 0 Å². The summed E-state index contributed by atoms with van der Waals surface area (Å²) in [6.45, 7) is 1.38. The van der Waals surface area contributed by atoms with E-state index in [-0.39, 0.29) is 39.3 Å². The first-order chi connectivity index (χ1) is 13.7. The molecule has 1 unspecified atom stereocenters. The summed E-state index contributed by atoms with van der Waals surface area (Å²) in [5.41, 5.74) is 0.904. The number of hydrogen-bond acceptors (Lipinski definition) is 8. The van der Waals surface area contributed by atoms with Gasteiger partial charge in [-0.2, -0.15) is 0 Å². The third-order valence-corrected chi connectivity index (χ3v) is 3.84. The zero-order valence-corrected chi connectivity index (χ0v) is 16.0. The molecule has 1 saturated heterocycles. The lowest BCUT2D eigenvalue weighted by Gasteiger charge is -2.22. The van der Waals surface area contributed by atoms with Crippen molar-refractivity contribution in [3.8, 4) is 0 Å². The monoisotopic (exact) mass is 396 g/mol. The molecule has 8 heteroatoms. The van der Waals surface area contributed by atoms with E-state index >= 15 is 0 Å². The van der Waals surface area contributed by atoms with Crippen molar-refractivity contribution in [2.24, 2.45) is 0 Å². The maximum Gasteiger partial charge on any atom is 0.332 e. The minimum atomic E-state index is -0.496.